The maximum Gasteiger partial charge on any atom is 0.227 e. The molecule has 0 unspecified atom stereocenters. The molecule has 0 aliphatic heterocycles. The Balaban J connectivity index is 1.04. The topological polar surface area (TPSA) is 61.9 Å². The Labute approximate surface area is 320 Å². The molecule has 8 aromatic carbocycles. The molecule has 4 heterocycles. The van der Waals surface area contributed by atoms with Gasteiger partial charge in [-0.15, -0.1) is 0 Å². The molecule has 0 amide bonds. The van der Waals surface area contributed by atoms with Crippen molar-refractivity contribution in [3.05, 3.63) is 182 Å². The summed E-state index contributed by atoms with van der Waals surface area (Å²) in [5.41, 5.74) is 14.1. The quantitative estimate of drug-likeness (QED) is 0.178. The van der Waals surface area contributed by atoms with Crippen LogP contribution in [0.2, 0.25) is 0 Å². The first-order valence-electron chi connectivity index (χ1n) is 18.7. The van der Waals surface area contributed by atoms with Crippen molar-refractivity contribution in [1.29, 1.82) is 0 Å². The zero-order valence-electron chi connectivity index (χ0n) is 29.9. The third kappa shape index (κ3) is 4.63. The van der Waals surface area contributed by atoms with E-state index in [0.29, 0.717) is 11.8 Å². The number of para-hydroxylation sites is 7. The molecule has 12 rings (SSSR count). The van der Waals surface area contributed by atoms with Gasteiger partial charge in [-0.05, 0) is 96.6 Å². The van der Waals surface area contributed by atoms with E-state index in [1.165, 1.54) is 27.4 Å². The summed E-state index contributed by atoms with van der Waals surface area (Å²) >= 11 is 0. The van der Waals surface area contributed by atoms with Crippen molar-refractivity contribution in [3.63, 3.8) is 0 Å². The third-order valence-electron chi connectivity index (χ3n) is 11.0. The molecule has 0 saturated carbocycles. The summed E-state index contributed by atoms with van der Waals surface area (Å²) in [6.45, 7) is 0. The van der Waals surface area contributed by atoms with E-state index in [9.17, 15) is 0 Å². The van der Waals surface area contributed by atoms with Crippen LogP contribution in [0.25, 0.3) is 111 Å². The van der Waals surface area contributed by atoms with Gasteiger partial charge in [0.2, 0.25) is 11.8 Å². The standard InChI is InChI=1S/C50H30N4O2/c1-2-11-34(12-3-1)54-43-18-7-4-13-37(43)38-15-10-14-36(48(38)54)31-21-25-35(26-22-31)53-44-27-23-32(49-51-41-16-5-8-19-46(41)55-49)29-39(44)40-30-33(24-28-45(40)53)50-52-42-17-6-9-20-47(42)56-50/h1-30H. The van der Waals surface area contributed by atoms with Crippen molar-refractivity contribution in [2.75, 3.05) is 0 Å². The van der Waals surface area contributed by atoms with E-state index in [2.05, 4.69) is 143 Å². The predicted octanol–water partition coefficient (Wildman–Crippen LogP) is 13.2. The Bertz CT molecular complexity index is 3280. The molecule has 0 aliphatic carbocycles. The molecule has 0 N–H and O–H groups in total. The molecule has 4 aromatic heterocycles. The van der Waals surface area contributed by atoms with Crippen LogP contribution in [0.4, 0.5) is 0 Å². The Morgan fingerprint density at radius 3 is 1.52 bits per heavy atom. The van der Waals surface area contributed by atoms with Crippen LogP contribution >= 0.6 is 0 Å². The highest BCUT2D eigenvalue weighted by molar-refractivity contribution is 6.14. The van der Waals surface area contributed by atoms with Gasteiger partial charge in [-0.3, -0.25) is 0 Å². The molecule has 0 spiro atoms. The van der Waals surface area contributed by atoms with Crippen LogP contribution in [0, 0.1) is 0 Å². The van der Waals surface area contributed by atoms with Crippen molar-refractivity contribution in [3.8, 4) is 45.4 Å². The molecule has 0 radical (unpaired) electrons. The number of aromatic nitrogens is 4. The monoisotopic (exact) mass is 718 g/mol. The van der Waals surface area contributed by atoms with Gasteiger partial charge in [0, 0.05) is 49.6 Å². The van der Waals surface area contributed by atoms with E-state index in [0.717, 1.165) is 72.1 Å². The summed E-state index contributed by atoms with van der Waals surface area (Å²) in [4.78, 5) is 9.65. The van der Waals surface area contributed by atoms with Crippen LogP contribution in [0.3, 0.4) is 0 Å². The van der Waals surface area contributed by atoms with Crippen molar-refractivity contribution in [2.24, 2.45) is 0 Å². The lowest BCUT2D eigenvalue weighted by Crippen LogP contribution is -1.96. The Kier molecular flexibility index (Phi) is 6.53. The molecular formula is C50H30N4O2. The number of hydrogen-bond acceptors (Lipinski definition) is 4. The minimum Gasteiger partial charge on any atom is -0.436 e. The fourth-order valence-electron chi connectivity index (χ4n) is 8.45. The second-order valence-electron chi connectivity index (χ2n) is 14.2. The fraction of sp³-hybridized carbons (Fsp3) is 0. The highest BCUT2D eigenvalue weighted by Gasteiger charge is 2.20. The number of benzene rings is 8. The molecule has 0 fully saturated rings. The maximum absolute atomic E-state index is 6.23. The molecule has 262 valence electrons. The number of oxazole rings is 2. The second-order valence-corrected chi connectivity index (χ2v) is 14.2. The normalized spacial score (nSPS) is 11.9. The molecule has 6 heteroatoms. The van der Waals surface area contributed by atoms with E-state index >= 15 is 0 Å². The van der Waals surface area contributed by atoms with E-state index in [1.54, 1.807) is 0 Å². The molecule has 12 aromatic rings. The lowest BCUT2D eigenvalue weighted by Gasteiger charge is -2.13. The number of rotatable bonds is 5. The van der Waals surface area contributed by atoms with Gasteiger partial charge in [0.05, 0.1) is 22.1 Å². The first-order valence-corrected chi connectivity index (χ1v) is 18.7. The van der Waals surface area contributed by atoms with Crippen LogP contribution in [-0.4, -0.2) is 19.1 Å². The molecule has 0 bridgehead atoms. The van der Waals surface area contributed by atoms with Gasteiger partial charge in [-0.2, -0.15) is 0 Å². The summed E-state index contributed by atoms with van der Waals surface area (Å²) in [7, 11) is 0. The first kappa shape index (κ1) is 30.7. The largest absolute Gasteiger partial charge is 0.436 e. The van der Waals surface area contributed by atoms with Crippen molar-refractivity contribution < 1.29 is 8.83 Å². The highest BCUT2D eigenvalue weighted by Crippen LogP contribution is 2.41. The Morgan fingerprint density at radius 1 is 0.357 bits per heavy atom. The van der Waals surface area contributed by atoms with Crippen molar-refractivity contribution in [1.82, 2.24) is 19.1 Å². The summed E-state index contributed by atoms with van der Waals surface area (Å²) < 4.78 is 17.2. The van der Waals surface area contributed by atoms with E-state index in [1.807, 2.05) is 48.5 Å². The molecule has 0 atom stereocenters. The SMILES string of the molecule is c1ccc(-n2c3ccccc3c3cccc(-c4ccc(-n5c6ccc(-c7nc8ccccc8o7)cc6c6cc(-c7nc8ccccc8o7)ccc65)cc4)c32)cc1. The van der Waals surface area contributed by atoms with Crippen LogP contribution in [-0.2, 0) is 0 Å². The van der Waals surface area contributed by atoms with Gasteiger partial charge in [-0.1, -0.05) is 91.0 Å². The lowest BCUT2D eigenvalue weighted by molar-refractivity contribution is 0.619. The summed E-state index contributed by atoms with van der Waals surface area (Å²) in [5.74, 6) is 1.19. The molecule has 6 nitrogen and oxygen atoms in total. The van der Waals surface area contributed by atoms with E-state index in [4.69, 9.17) is 18.8 Å². The molecule has 0 saturated heterocycles. The average molecular weight is 719 g/mol. The van der Waals surface area contributed by atoms with Gasteiger partial charge in [-0.25, -0.2) is 9.97 Å². The highest BCUT2D eigenvalue weighted by atomic mass is 16.4. The zero-order chi connectivity index (χ0) is 36.7. The smallest absolute Gasteiger partial charge is 0.227 e. The van der Waals surface area contributed by atoms with Crippen LogP contribution < -0.4 is 0 Å². The summed E-state index contributed by atoms with van der Waals surface area (Å²) in [6, 6.07) is 63.6. The van der Waals surface area contributed by atoms with E-state index < -0.39 is 0 Å². The zero-order valence-corrected chi connectivity index (χ0v) is 29.9. The number of fused-ring (bicyclic) bond motifs is 8. The first-order chi connectivity index (χ1) is 27.7. The Hall–Kier alpha value is -7.70. The van der Waals surface area contributed by atoms with E-state index in [-0.39, 0.29) is 0 Å². The molecule has 56 heavy (non-hydrogen) atoms. The number of hydrogen-bond donors (Lipinski definition) is 0. The van der Waals surface area contributed by atoms with Gasteiger partial charge < -0.3 is 18.0 Å². The predicted molar refractivity (Wildman–Crippen MR) is 227 cm³/mol. The van der Waals surface area contributed by atoms with Gasteiger partial charge in [0.1, 0.15) is 11.0 Å². The third-order valence-corrected chi connectivity index (χ3v) is 11.0. The Morgan fingerprint density at radius 2 is 0.875 bits per heavy atom. The van der Waals surface area contributed by atoms with Gasteiger partial charge in [0.25, 0.3) is 0 Å². The average Bonchev–Trinajstić information content (AvgIpc) is 4.04. The van der Waals surface area contributed by atoms with Crippen LogP contribution in [0.5, 0.6) is 0 Å². The maximum atomic E-state index is 6.23. The molecular weight excluding hydrogens is 689 g/mol. The van der Waals surface area contributed by atoms with Crippen molar-refractivity contribution >= 4 is 65.8 Å². The minimum absolute atomic E-state index is 0.593. The summed E-state index contributed by atoms with van der Waals surface area (Å²) in [5, 5.41) is 4.64. The van der Waals surface area contributed by atoms with Crippen LogP contribution in [0.15, 0.2) is 191 Å². The van der Waals surface area contributed by atoms with Gasteiger partial charge in [0.15, 0.2) is 11.2 Å². The van der Waals surface area contributed by atoms with Gasteiger partial charge >= 0.3 is 0 Å². The van der Waals surface area contributed by atoms with Crippen LogP contribution in [0.1, 0.15) is 0 Å². The lowest BCUT2D eigenvalue weighted by atomic mass is 10.0. The second kappa shape index (κ2) is 11.9. The molecule has 0 aliphatic rings. The minimum atomic E-state index is 0.593. The fourth-order valence-corrected chi connectivity index (χ4v) is 8.45. The summed E-state index contributed by atoms with van der Waals surface area (Å²) in [6.07, 6.45) is 0. The van der Waals surface area contributed by atoms with Crippen molar-refractivity contribution in [2.45, 2.75) is 0 Å². The number of nitrogens with zero attached hydrogens (tertiary/aromatic N) is 4.